The topological polar surface area (TPSA) is 129 Å². The van der Waals surface area contributed by atoms with E-state index in [1.807, 2.05) is 19.1 Å². The number of benzene rings is 3. The number of methoxy groups -OCH3 is 1. The van der Waals surface area contributed by atoms with Gasteiger partial charge < -0.3 is 25.4 Å². The van der Waals surface area contributed by atoms with E-state index in [1.54, 1.807) is 54.6 Å². The first kappa shape index (κ1) is 23.1. The Balaban J connectivity index is 1.62. The van der Waals surface area contributed by atoms with E-state index in [4.69, 9.17) is 20.0 Å². The molecule has 2 aliphatic rings. The van der Waals surface area contributed by atoms with Gasteiger partial charge in [0, 0.05) is 22.4 Å². The van der Waals surface area contributed by atoms with Crippen LogP contribution in [0.3, 0.4) is 0 Å². The van der Waals surface area contributed by atoms with Crippen LogP contribution in [0.1, 0.15) is 27.0 Å². The Morgan fingerprint density at radius 3 is 2.56 bits per heavy atom. The van der Waals surface area contributed by atoms with Gasteiger partial charge in [0.15, 0.2) is 23.9 Å². The van der Waals surface area contributed by atoms with Crippen molar-refractivity contribution < 1.29 is 28.7 Å². The number of para-hydroxylation sites is 1. The number of Topliss-reactive ketones (excluding diaryl/α,β-unsaturated/α-hetero) is 1. The summed E-state index contributed by atoms with van der Waals surface area (Å²) in [6.07, 6.45) is 0. The number of ether oxygens (including phenoxy) is 2. The highest BCUT2D eigenvalue weighted by atomic mass is 16.7. The molecule has 0 aromatic heterocycles. The summed E-state index contributed by atoms with van der Waals surface area (Å²) < 4.78 is 10.8. The van der Waals surface area contributed by atoms with Crippen LogP contribution in [0.25, 0.3) is 0 Å². The van der Waals surface area contributed by atoms with Crippen molar-refractivity contribution in [2.75, 3.05) is 19.0 Å². The number of hydrogen-bond acceptors (Lipinski definition) is 7. The summed E-state index contributed by atoms with van der Waals surface area (Å²) in [4.78, 5) is 44.5. The number of oxime groups is 1. The summed E-state index contributed by atoms with van der Waals surface area (Å²) in [5.74, 6) is -1.90. The minimum absolute atomic E-state index is 0.271. The van der Waals surface area contributed by atoms with Gasteiger partial charge in [-0.05, 0) is 31.2 Å². The number of nitrogens with zero attached hydrogens (tertiary/aromatic N) is 1. The van der Waals surface area contributed by atoms with Gasteiger partial charge in [0.1, 0.15) is 11.6 Å². The molecule has 0 fully saturated rings. The highest BCUT2D eigenvalue weighted by molar-refractivity contribution is 6.24. The van der Waals surface area contributed by atoms with Gasteiger partial charge in [-0.1, -0.05) is 53.2 Å². The van der Waals surface area contributed by atoms with Gasteiger partial charge in [0.2, 0.25) is 0 Å². The highest BCUT2D eigenvalue weighted by Crippen LogP contribution is 2.50. The minimum Gasteiger partial charge on any atom is -0.493 e. The summed E-state index contributed by atoms with van der Waals surface area (Å²) in [5, 5.41) is 7.11. The molecule has 36 heavy (non-hydrogen) atoms. The summed E-state index contributed by atoms with van der Waals surface area (Å²) in [7, 11) is 1.44. The molecule has 182 valence electrons. The highest BCUT2D eigenvalue weighted by Gasteiger charge is 2.63. The van der Waals surface area contributed by atoms with Crippen LogP contribution in [0, 0.1) is 12.8 Å². The number of nitrogens with one attached hydrogen (secondary N) is 1. The first-order valence-electron chi connectivity index (χ1n) is 11.2. The maximum Gasteiger partial charge on any atom is 0.277 e. The summed E-state index contributed by atoms with van der Waals surface area (Å²) in [5.41, 5.74) is 6.81. The van der Waals surface area contributed by atoms with Crippen molar-refractivity contribution in [3.05, 3.63) is 89.0 Å². The lowest BCUT2D eigenvalue weighted by molar-refractivity contribution is -0.140. The van der Waals surface area contributed by atoms with E-state index >= 15 is 0 Å². The normalized spacial score (nSPS) is 19.8. The van der Waals surface area contributed by atoms with Crippen LogP contribution in [0.5, 0.6) is 11.5 Å². The maximum absolute atomic E-state index is 14.0. The Morgan fingerprint density at radius 1 is 1.08 bits per heavy atom. The zero-order chi connectivity index (χ0) is 25.4. The number of aryl methyl sites for hydroxylation is 1. The van der Waals surface area contributed by atoms with Gasteiger partial charge in [0.25, 0.3) is 17.4 Å². The first-order valence-corrected chi connectivity index (χ1v) is 11.2. The Kier molecular flexibility index (Phi) is 5.68. The fraction of sp³-hybridized carbons (Fsp3) is 0.185. The van der Waals surface area contributed by atoms with Crippen LogP contribution >= 0.6 is 0 Å². The van der Waals surface area contributed by atoms with E-state index in [9.17, 15) is 14.4 Å². The first-order chi connectivity index (χ1) is 17.3. The maximum atomic E-state index is 14.0. The molecule has 0 saturated carbocycles. The van der Waals surface area contributed by atoms with E-state index in [-0.39, 0.29) is 18.1 Å². The fourth-order valence-corrected chi connectivity index (χ4v) is 4.56. The molecule has 0 bridgehead atoms. The molecule has 3 aromatic carbocycles. The number of hydrogen-bond donors (Lipinski definition) is 2. The van der Waals surface area contributed by atoms with E-state index < -0.39 is 23.3 Å². The third kappa shape index (κ3) is 3.65. The number of carbonyl (C=O) groups excluding carboxylic acids is 3. The number of amides is 2. The van der Waals surface area contributed by atoms with Gasteiger partial charge in [-0.25, -0.2) is 0 Å². The molecular weight excluding hydrogens is 462 g/mol. The lowest BCUT2D eigenvalue weighted by Crippen LogP contribution is -2.46. The number of nitrogens with two attached hydrogens (primary N) is 1. The number of primary amides is 1. The lowest BCUT2D eigenvalue weighted by atomic mass is 9.74. The molecule has 0 saturated heterocycles. The van der Waals surface area contributed by atoms with Crippen LogP contribution < -0.4 is 20.5 Å². The zero-order valence-electron chi connectivity index (χ0n) is 19.6. The number of rotatable bonds is 7. The second kappa shape index (κ2) is 8.84. The van der Waals surface area contributed by atoms with Crippen molar-refractivity contribution in [1.29, 1.82) is 0 Å². The van der Waals surface area contributed by atoms with Crippen molar-refractivity contribution in [1.82, 2.24) is 0 Å². The summed E-state index contributed by atoms with van der Waals surface area (Å²) in [6, 6.07) is 19.1. The van der Waals surface area contributed by atoms with E-state index in [1.165, 1.54) is 7.11 Å². The predicted octanol–water partition coefficient (Wildman–Crippen LogP) is 2.95. The largest absolute Gasteiger partial charge is 0.493 e. The zero-order valence-corrected chi connectivity index (χ0v) is 19.6. The van der Waals surface area contributed by atoms with Crippen LogP contribution in [-0.2, 0) is 20.0 Å². The number of anilines is 1. The van der Waals surface area contributed by atoms with E-state index in [0.717, 1.165) is 5.56 Å². The van der Waals surface area contributed by atoms with Crippen LogP contribution in [0.4, 0.5) is 5.69 Å². The van der Waals surface area contributed by atoms with Gasteiger partial charge in [-0.15, -0.1) is 0 Å². The van der Waals surface area contributed by atoms with Crippen molar-refractivity contribution >= 4 is 29.0 Å². The average Bonchev–Trinajstić information content (AvgIpc) is 3.41. The monoisotopic (exact) mass is 485 g/mol. The Labute approximate surface area is 206 Å². The standard InChI is InChI=1S/C27H23N3O6/c1-15-7-9-16(10-8-15)25(32)23-24(17-11-12-20(21(13-17)34-2)35-14-22(28)31)30-36-27(23)18-5-3-4-6-19(18)29-26(27)33/h3-13,23H,14H2,1-2H3,(H2,28,31)(H,29,33)/t23-,27+/m1/s1. The van der Waals surface area contributed by atoms with Crippen molar-refractivity contribution in [2.45, 2.75) is 12.5 Å². The van der Waals surface area contributed by atoms with Crippen LogP contribution in [0.2, 0.25) is 0 Å². The molecule has 1 spiro atoms. The smallest absolute Gasteiger partial charge is 0.277 e. The Morgan fingerprint density at radius 2 is 1.83 bits per heavy atom. The third-order valence-electron chi connectivity index (χ3n) is 6.31. The molecule has 9 heteroatoms. The van der Waals surface area contributed by atoms with Crippen molar-refractivity contribution in [2.24, 2.45) is 16.8 Å². The molecule has 2 amide bonds. The second-order valence-electron chi connectivity index (χ2n) is 8.59. The predicted molar refractivity (Wildman–Crippen MR) is 131 cm³/mol. The average molecular weight is 485 g/mol. The van der Waals surface area contributed by atoms with E-state index in [2.05, 4.69) is 10.5 Å². The molecule has 3 N–H and O–H groups in total. The molecule has 5 rings (SSSR count). The Bertz CT molecular complexity index is 1420. The van der Waals surface area contributed by atoms with Crippen molar-refractivity contribution in [3.8, 4) is 11.5 Å². The molecule has 0 aliphatic carbocycles. The van der Waals surface area contributed by atoms with Crippen LogP contribution in [-0.4, -0.2) is 37.0 Å². The number of fused-ring (bicyclic) bond motifs is 2. The number of ketones is 1. The molecule has 2 aliphatic heterocycles. The SMILES string of the molecule is COc1cc(C2=NO[C@]3(C(=O)Nc4ccccc43)[C@H]2C(=O)c2ccc(C)cc2)ccc1OCC(N)=O. The van der Waals surface area contributed by atoms with Crippen molar-refractivity contribution in [3.63, 3.8) is 0 Å². The second-order valence-corrected chi connectivity index (χ2v) is 8.59. The van der Waals surface area contributed by atoms with Gasteiger partial charge in [-0.2, -0.15) is 0 Å². The van der Waals surface area contributed by atoms with Crippen LogP contribution in [0.15, 0.2) is 71.9 Å². The Hall–Kier alpha value is -4.66. The van der Waals surface area contributed by atoms with Gasteiger partial charge in [-0.3, -0.25) is 14.4 Å². The molecule has 0 unspecified atom stereocenters. The lowest BCUT2D eigenvalue weighted by Gasteiger charge is -2.26. The fourth-order valence-electron chi connectivity index (χ4n) is 4.56. The molecule has 3 aromatic rings. The summed E-state index contributed by atoms with van der Waals surface area (Å²) >= 11 is 0. The summed E-state index contributed by atoms with van der Waals surface area (Å²) in [6.45, 7) is 1.60. The van der Waals surface area contributed by atoms with E-state index in [0.29, 0.717) is 33.9 Å². The van der Waals surface area contributed by atoms with Gasteiger partial charge in [0.05, 0.1) is 7.11 Å². The molecule has 0 radical (unpaired) electrons. The minimum atomic E-state index is -1.66. The molecule has 2 atom stereocenters. The quantitative estimate of drug-likeness (QED) is 0.495. The molecule has 2 heterocycles. The van der Waals surface area contributed by atoms with Gasteiger partial charge >= 0.3 is 0 Å². The third-order valence-corrected chi connectivity index (χ3v) is 6.31. The molecular formula is C27H23N3O6. The number of carbonyl (C=O) groups is 3. The molecule has 9 nitrogen and oxygen atoms in total.